The summed E-state index contributed by atoms with van der Waals surface area (Å²) in [5.74, 6) is -0.404. The lowest BCUT2D eigenvalue weighted by molar-refractivity contribution is -0.117. The zero-order valence-corrected chi connectivity index (χ0v) is 14.7. The first kappa shape index (κ1) is 16.2. The number of tetrazole rings is 1. The van der Waals surface area contributed by atoms with Crippen LogP contribution in [-0.4, -0.2) is 46.3 Å². The van der Waals surface area contributed by atoms with E-state index < -0.39 is 21.0 Å². The van der Waals surface area contributed by atoms with Crippen molar-refractivity contribution in [1.82, 2.24) is 20.2 Å². The molecule has 1 amide bonds. The van der Waals surface area contributed by atoms with Crippen LogP contribution in [0.2, 0.25) is 0 Å². The van der Waals surface area contributed by atoms with Gasteiger partial charge in [-0.15, -0.1) is 5.10 Å². The minimum Gasteiger partial charge on any atom is -0.311 e. The first-order chi connectivity index (χ1) is 12.0. The number of amides is 1. The van der Waals surface area contributed by atoms with E-state index in [9.17, 15) is 13.2 Å². The zero-order chi connectivity index (χ0) is 17.6. The Hall–Kier alpha value is -2.29. The second-order valence-corrected chi connectivity index (χ2v) is 8.91. The highest BCUT2D eigenvalue weighted by Crippen LogP contribution is 2.35. The summed E-state index contributed by atoms with van der Waals surface area (Å²) in [7, 11) is -3.71. The maximum atomic E-state index is 12.8. The van der Waals surface area contributed by atoms with E-state index in [1.54, 1.807) is 9.58 Å². The minimum atomic E-state index is -3.71. The largest absolute Gasteiger partial charge is 0.311 e. The molecule has 0 radical (unpaired) electrons. The van der Waals surface area contributed by atoms with Crippen molar-refractivity contribution in [3.8, 4) is 0 Å². The van der Waals surface area contributed by atoms with E-state index in [0.717, 1.165) is 30.5 Å². The fourth-order valence-electron chi connectivity index (χ4n) is 3.16. The van der Waals surface area contributed by atoms with Gasteiger partial charge >= 0.3 is 0 Å². The third kappa shape index (κ3) is 2.92. The lowest BCUT2D eigenvalue weighted by atomic mass is 10.2. The molecule has 1 atom stereocenters. The number of hydrogen-bond acceptors (Lipinski definition) is 6. The van der Waals surface area contributed by atoms with Crippen LogP contribution in [0.4, 0.5) is 5.69 Å². The Labute approximate surface area is 145 Å². The summed E-state index contributed by atoms with van der Waals surface area (Å²) in [6.45, 7) is 1.96. The first-order valence-electron chi connectivity index (χ1n) is 8.35. The molecule has 25 heavy (non-hydrogen) atoms. The molecule has 1 aromatic carbocycles. The number of sulfone groups is 1. The molecule has 1 aliphatic heterocycles. The highest BCUT2D eigenvalue weighted by molar-refractivity contribution is 7.92. The van der Waals surface area contributed by atoms with E-state index in [1.165, 1.54) is 6.92 Å². The third-order valence-corrected chi connectivity index (χ3v) is 6.76. The van der Waals surface area contributed by atoms with Gasteiger partial charge in [-0.2, -0.15) is 0 Å². The van der Waals surface area contributed by atoms with Crippen LogP contribution in [0.5, 0.6) is 0 Å². The Kier molecular flexibility index (Phi) is 3.82. The predicted octanol–water partition coefficient (Wildman–Crippen LogP) is 0.901. The van der Waals surface area contributed by atoms with Gasteiger partial charge in [-0.05, 0) is 48.2 Å². The lowest BCUT2D eigenvalue weighted by Gasteiger charge is -2.21. The number of carbonyl (C=O) groups excluding carboxylic acids is 1. The topological polar surface area (TPSA) is 98.1 Å². The molecular weight excluding hydrogens is 342 g/mol. The minimum absolute atomic E-state index is 0.191. The molecule has 0 saturated heterocycles. The van der Waals surface area contributed by atoms with Crippen molar-refractivity contribution in [1.29, 1.82) is 0 Å². The maximum absolute atomic E-state index is 12.8. The molecular formula is C16H19N5O3S. The number of nitrogens with zero attached hydrogens (tertiary/aromatic N) is 5. The quantitative estimate of drug-likeness (QED) is 0.785. The van der Waals surface area contributed by atoms with E-state index in [1.807, 2.05) is 24.3 Å². The monoisotopic (exact) mass is 361 g/mol. The fourth-order valence-corrected chi connectivity index (χ4v) is 4.39. The van der Waals surface area contributed by atoms with E-state index in [0.29, 0.717) is 12.4 Å². The molecule has 0 N–H and O–H groups in total. The normalized spacial score (nSPS) is 18.2. The molecule has 2 heterocycles. The van der Waals surface area contributed by atoms with Crippen molar-refractivity contribution in [2.24, 2.45) is 0 Å². The van der Waals surface area contributed by atoms with Crippen molar-refractivity contribution in [3.05, 3.63) is 35.7 Å². The molecule has 1 aliphatic carbocycles. The summed E-state index contributed by atoms with van der Waals surface area (Å²) in [5.41, 5.74) is 1.87. The second-order valence-electron chi connectivity index (χ2n) is 6.59. The van der Waals surface area contributed by atoms with Crippen LogP contribution < -0.4 is 4.90 Å². The van der Waals surface area contributed by atoms with Crippen molar-refractivity contribution in [2.45, 2.75) is 43.2 Å². The highest BCUT2D eigenvalue weighted by Gasteiger charge is 2.37. The Morgan fingerprint density at radius 1 is 1.32 bits per heavy atom. The van der Waals surface area contributed by atoms with Gasteiger partial charge in [-0.25, -0.2) is 13.1 Å². The molecule has 1 saturated carbocycles. The SMILES string of the molecule is CC(C(=O)N1CCc2ccccc21)S(=O)(=O)Cc1nnnn1C1CC1. The summed E-state index contributed by atoms with van der Waals surface area (Å²) in [6.07, 6.45) is 2.66. The van der Waals surface area contributed by atoms with Crippen LogP contribution in [0.3, 0.4) is 0 Å². The number of rotatable bonds is 5. The predicted molar refractivity (Wildman–Crippen MR) is 90.7 cm³/mol. The molecule has 1 aromatic heterocycles. The van der Waals surface area contributed by atoms with E-state index in [4.69, 9.17) is 0 Å². The number of aromatic nitrogens is 4. The van der Waals surface area contributed by atoms with Gasteiger partial charge in [0.2, 0.25) is 5.91 Å². The van der Waals surface area contributed by atoms with E-state index in [-0.39, 0.29) is 11.8 Å². The van der Waals surface area contributed by atoms with Gasteiger partial charge in [0.25, 0.3) is 0 Å². The summed E-state index contributed by atoms with van der Waals surface area (Å²) < 4.78 is 27.1. The molecule has 4 rings (SSSR count). The lowest BCUT2D eigenvalue weighted by Crippen LogP contribution is -2.41. The number of benzene rings is 1. The van der Waals surface area contributed by atoms with Crippen LogP contribution in [0.15, 0.2) is 24.3 Å². The summed E-state index contributed by atoms with van der Waals surface area (Å²) >= 11 is 0. The third-order valence-electron chi connectivity index (χ3n) is 4.82. The van der Waals surface area contributed by atoms with Gasteiger partial charge in [0, 0.05) is 12.2 Å². The van der Waals surface area contributed by atoms with Crippen LogP contribution in [0.1, 0.15) is 37.2 Å². The number of para-hydroxylation sites is 1. The maximum Gasteiger partial charge on any atom is 0.245 e. The highest BCUT2D eigenvalue weighted by atomic mass is 32.2. The van der Waals surface area contributed by atoms with Gasteiger partial charge in [0.1, 0.15) is 11.0 Å². The van der Waals surface area contributed by atoms with Gasteiger partial charge in [0.05, 0.1) is 6.04 Å². The Bertz CT molecular complexity index is 919. The van der Waals surface area contributed by atoms with Gasteiger partial charge < -0.3 is 4.90 Å². The number of carbonyl (C=O) groups is 1. The number of anilines is 1. The molecule has 1 unspecified atom stereocenters. The first-order valence-corrected chi connectivity index (χ1v) is 10.1. The average molecular weight is 361 g/mol. The van der Waals surface area contributed by atoms with Crippen LogP contribution in [0, 0.1) is 0 Å². The Balaban J connectivity index is 1.54. The average Bonchev–Trinajstić information content (AvgIpc) is 3.19. The van der Waals surface area contributed by atoms with Gasteiger partial charge in [-0.1, -0.05) is 18.2 Å². The zero-order valence-electron chi connectivity index (χ0n) is 13.9. The fraction of sp³-hybridized carbons (Fsp3) is 0.500. The Morgan fingerprint density at radius 3 is 2.84 bits per heavy atom. The molecule has 0 spiro atoms. The Morgan fingerprint density at radius 2 is 2.08 bits per heavy atom. The van der Waals surface area contributed by atoms with Crippen molar-refractivity contribution in [3.63, 3.8) is 0 Å². The number of fused-ring (bicyclic) bond motifs is 1. The van der Waals surface area contributed by atoms with E-state index in [2.05, 4.69) is 15.5 Å². The van der Waals surface area contributed by atoms with Gasteiger partial charge in [-0.3, -0.25) is 4.79 Å². The summed E-state index contributed by atoms with van der Waals surface area (Å²) in [4.78, 5) is 14.4. The summed E-state index contributed by atoms with van der Waals surface area (Å²) in [5, 5.41) is 10.2. The summed E-state index contributed by atoms with van der Waals surface area (Å²) in [6, 6.07) is 7.79. The van der Waals surface area contributed by atoms with Crippen LogP contribution in [0.25, 0.3) is 0 Å². The molecule has 132 valence electrons. The second kappa shape index (κ2) is 5.91. The molecule has 8 nitrogen and oxygen atoms in total. The van der Waals surface area contributed by atoms with Crippen molar-refractivity contribution < 1.29 is 13.2 Å². The molecule has 2 aliphatic rings. The van der Waals surface area contributed by atoms with Gasteiger partial charge in [0.15, 0.2) is 15.7 Å². The molecule has 9 heteroatoms. The van der Waals surface area contributed by atoms with Crippen molar-refractivity contribution >= 4 is 21.4 Å². The molecule has 1 fully saturated rings. The standard InChI is InChI=1S/C16H19N5O3S/c1-11(16(22)20-9-8-12-4-2-3-5-14(12)20)25(23,24)10-15-17-18-19-21(15)13-6-7-13/h2-5,11,13H,6-10H2,1H3. The van der Waals surface area contributed by atoms with Crippen molar-refractivity contribution in [2.75, 3.05) is 11.4 Å². The van der Waals surface area contributed by atoms with Crippen LogP contribution >= 0.6 is 0 Å². The van der Waals surface area contributed by atoms with Crippen LogP contribution in [-0.2, 0) is 26.8 Å². The molecule has 0 bridgehead atoms. The smallest absolute Gasteiger partial charge is 0.245 e. The van der Waals surface area contributed by atoms with E-state index >= 15 is 0 Å². The molecule has 2 aromatic rings. The number of hydrogen-bond donors (Lipinski definition) is 0.